The second-order valence-electron chi connectivity index (χ2n) is 6.95. The Morgan fingerprint density at radius 3 is 2.46 bits per heavy atom. The molecular weight excluding hydrogens is 306 g/mol. The van der Waals surface area contributed by atoms with E-state index in [0.29, 0.717) is 32.5 Å². The summed E-state index contributed by atoms with van der Waals surface area (Å²) in [5.74, 6) is -0.739. The molecule has 2 saturated heterocycles. The third kappa shape index (κ3) is 3.78. The van der Waals surface area contributed by atoms with Crippen LogP contribution in [0.1, 0.15) is 30.4 Å². The van der Waals surface area contributed by atoms with Gasteiger partial charge < -0.3 is 14.7 Å². The van der Waals surface area contributed by atoms with Crippen molar-refractivity contribution < 1.29 is 19.4 Å². The molecule has 2 aliphatic heterocycles. The number of carboxylic acid groups (broad SMARTS) is 1. The first-order valence-electron chi connectivity index (χ1n) is 8.72. The number of likely N-dealkylation sites (tertiary alicyclic amines) is 1. The van der Waals surface area contributed by atoms with Crippen LogP contribution in [-0.2, 0) is 20.7 Å². The van der Waals surface area contributed by atoms with Gasteiger partial charge in [-0.1, -0.05) is 29.8 Å². The topological polar surface area (TPSA) is 66.8 Å². The monoisotopic (exact) mass is 331 g/mol. The average molecular weight is 331 g/mol. The lowest BCUT2D eigenvalue weighted by Gasteiger charge is -2.35. The Labute approximate surface area is 142 Å². The van der Waals surface area contributed by atoms with Gasteiger partial charge in [0.05, 0.1) is 18.4 Å². The fourth-order valence-electron chi connectivity index (χ4n) is 3.81. The molecule has 5 nitrogen and oxygen atoms in total. The van der Waals surface area contributed by atoms with E-state index in [0.717, 1.165) is 18.4 Å². The number of piperidine rings is 1. The highest BCUT2D eigenvalue weighted by Crippen LogP contribution is 2.33. The van der Waals surface area contributed by atoms with Gasteiger partial charge in [0.15, 0.2) is 0 Å². The SMILES string of the molecule is Cc1ccc(CC(=O)N2CCC([C@@H]3OCCC3C(=O)O)CC2)cc1. The van der Waals surface area contributed by atoms with E-state index in [4.69, 9.17) is 4.74 Å². The van der Waals surface area contributed by atoms with Crippen LogP contribution in [0.3, 0.4) is 0 Å². The number of aryl methyl sites for hydroxylation is 1. The zero-order valence-electron chi connectivity index (χ0n) is 14.1. The van der Waals surface area contributed by atoms with Gasteiger partial charge >= 0.3 is 5.97 Å². The van der Waals surface area contributed by atoms with Crippen LogP contribution in [0.4, 0.5) is 0 Å². The summed E-state index contributed by atoms with van der Waals surface area (Å²) in [6, 6.07) is 8.06. The molecule has 1 unspecified atom stereocenters. The molecule has 0 aromatic heterocycles. The van der Waals surface area contributed by atoms with Gasteiger partial charge in [-0.25, -0.2) is 0 Å². The molecule has 0 saturated carbocycles. The summed E-state index contributed by atoms with van der Waals surface area (Å²) < 4.78 is 5.68. The predicted octanol–water partition coefficient (Wildman–Crippen LogP) is 2.27. The minimum atomic E-state index is -0.754. The first-order valence-corrected chi connectivity index (χ1v) is 8.72. The molecule has 24 heavy (non-hydrogen) atoms. The summed E-state index contributed by atoms with van der Waals surface area (Å²) in [6.45, 7) is 3.96. The van der Waals surface area contributed by atoms with E-state index >= 15 is 0 Å². The summed E-state index contributed by atoms with van der Waals surface area (Å²) in [5, 5.41) is 9.29. The third-order valence-corrected chi connectivity index (χ3v) is 5.29. The Morgan fingerprint density at radius 2 is 1.83 bits per heavy atom. The van der Waals surface area contributed by atoms with Crippen LogP contribution in [0.25, 0.3) is 0 Å². The molecule has 1 aromatic rings. The molecule has 0 aliphatic carbocycles. The summed E-state index contributed by atoms with van der Waals surface area (Å²) >= 11 is 0. The Morgan fingerprint density at radius 1 is 1.17 bits per heavy atom. The first kappa shape index (κ1) is 17.0. The number of carbonyl (C=O) groups excluding carboxylic acids is 1. The molecule has 5 heteroatoms. The van der Waals surface area contributed by atoms with Crippen molar-refractivity contribution in [2.24, 2.45) is 11.8 Å². The highest BCUT2D eigenvalue weighted by atomic mass is 16.5. The highest BCUT2D eigenvalue weighted by Gasteiger charge is 2.40. The van der Waals surface area contributed by atoms with Crippen molar-refractivity contribution in [3.8, 4) is 0 Å². The molecule has 130 valence electrons. The minimum Gasteiger partial charge on any atom is -0.481 e. The molecule has 0 spiro atoms. The van der Waals surface area contributed by atoms with Gasteiger partial charge in [0.2, 0.25) is 5.91 Å². The fraction of sp³-hybridized carbons (Fsp3) is 0.579. The Hall–Kier alpha value is -1.88. The Balaban J connectivity index is 1.52. The van der Waals surface area contributed by atoms with Crippen LogP contribution in [0.5, 0.6) is 0 Å². The van der Waals surface area contributed by atoms with Crippen molar-refractivity contribution in [1.82, 2.24) is 4.90 Å². The van der Waals surface area contributed by atoms with Gasteiger partial charge in [-0.15, -0.1) is 0 Å². The quantitative estimate of drug-likeness (QED) is 0.919. The van der Waals surface area contributed by atoms with Gasteiger partial charge in [-0.3, -0.25) is 9.59 Å². The van der Waals surface area contributed by atoms with Crippen LogP contribution in [-0.4, -0.2) is 47.7 Å². The normalized spacial score (nSPS) is 25.0. The number of benzene rings is 1. The smallest absolute Gasteiger partial charge is 0.309 e. The third-order valence-electron chi connectivity index (χ3n) is 5.29. The molecule has 2 heterocycles. The number of ether oxygens (including phenoxy) is 1. The van der Waals surface area contributed by atoms with Gasteiger partial charge in [-0.2, -0.15) is 0 Å². The minimum absolute atomic E-state index is 0.152. The van der Waals surface area contributed by atoms with Crippen molar-refractivity contribution in [2.45, 2.75) is 38.7 Å². The van der Waals surface area contributed by atoms with E-state index < -0.39 is 5.97 Å². The van der Waals surface area contributed by atoms with E-state index in [1.54, 1.807) is 0 Å². The lowest BCUT2D eigenvalue weighted by atomic mass is 9.84. The van der Waals surface area contributed by atoms with Crippen LogP contribution in [0.2, 0.25) is 0 Å². The molecule has 1 amide bonds. The second-order valence-corrected chi connectivity index (χ2v) is 6.95. The summed E-state index contributed by atoms with van der Waals surface area (Å²) in [6.07, 6.45) is 2.51. The zero-order chi connectivity index (χ0) is 17.1. The number of amides is 1. The Kier molecular flexibility index (Phi) is 5.19. The van der Waals surface area contributed by atoms with Crippen LogP contribution in [0.15, 0.2) is 24.3 Å². The number of carbonyl (C=O) groups is 2. The lowest BCUT2D eigenvalue weighted by molar-refractivity contribution is -0.145. The number of hydrogen-bond donors (Lipinski definition) is 1. The molecule has 1 N–H and O–H groups in total. The molecule has 1 aromatic carbocycles. The van der Waals surface area contributed by atoms with Crippen molar-refractivity contribution in [3.05, 3.63) is 35.4 Å². The maximum atomic E-state index is 12.5. The van der Waals surface area contributed by atoms with E-state index in [9.17, 15) is 14.7 Å². The van der Waals surface area contributed by atoms with Crippen LogP contribution >= 0.6 is 0 Å². The predicted molar refractivity (Wildman–Crippen MR) is 89.7 cm³/mol. The fourth-order valence-corrected chi connectivity index (χ4v) is 3.81. The largest absolute Gasteiger partial charge is 0.481 e. The van der Waals surface area contributed by atoms with E-state index in [1.807, 2.05) is 36.1 Å². The van der Waals surface area contributed by atoms with E-state index in [-0.39, 0.29) is 23.8 Å². The van der Waals surface area contributed by atoms with Crippen LogP contribution < -0.4 is 0 Å². The lowest BCUT2D eigenvalue weighted by Crippen LogP contribution is -2.43. The molecule has 0 radical (unpaired) electrons. The molecule has 2 aliphatic rings. The standard InChI is InChI=1S/C19H25NO4/c1-13-2-4-14(5-3-13)12-17(21)20-9-6-15(7-10-20)18-16(19(22)23)8-11-24-18/h2-5,15-16,18H,6-12H2,1H3,(H,22,23)/t16?,18-/m0/s1. The van der Waals surface area contributed by atoms with Crippen LogP contribution in [0, 0.1) is 18.8 Å². The number of nitrogens with zero attached hydrogens (tertiary/aromatic N) is 1. The number of rotatable bonds is 4. The van der Waals surface area contributed by atoms with E-state index in [1.165, 1.54) is 5.56 Å². The van der Waals surface area contributed by atoms with Gasteiger partial charge in [-0.05, 0) is 37.7 Å². The summed E-state index contributed by atoms with van der Waals surface area (Å²) in [7, 11) is 0. The average Bonchev–Trinajstić information content (AvgIpc) is 3.07. The summed E-state index contributed by atoms with van der Waals surface area (Å²) in [4.78, 5) is 25.7. The maximum absolute atomic E-state index is 12.5. The van der Waals surface area contributed by atoms with Crippen molar-refractivity contribution in [2.75, 3.05) is 19.7 Å². The molecule has 3 rings (SSSR count). The van der Waals surface area contributed by atoms with Crippen molar-refractivity contribution >= 4 is 11.9 Å². The number of carboxylic acids is 1. The van der Waals surface area contributed by atoms with Gasteiger partial charge in [0.25, 0.3) is 0 Å². The molecule has 0 bridgehead atoms. The van der Waals surface area contributed by atoms with Gasteiger partial charge in [0, 0.05) is 19.7 Å². The maximum Gasteiger partial charge on any atom is 0.309 e. The van der Waals surface area contributed by atoms with Crippen molar-refractivity contribution in [3.63, 3.8) is 0 Å². The first-order chi connectivity index (χ1) is 11.5. The molecular formula is C19H25NO4. The van der Waals surface area contributed by atoms with Crippen molar-refractivity contribution in [1.29, 1.82) is 0 Å². The number of hydrogen-bond acceptors (Lipinski definition) is 3. The number of aliphatic carboxylic acids is 1. The van der Waals surface area contributed by atoms with Gasteiger partial charge in [0.1, 0.15) is 0 Å². The molecule has 2 fully saturated rings. The second kappa shape index (κ2) is 7.34. The summed E-state index contributed by atoms with van der Waals surface area (Å²) in [5.41, 5.74) is 2.23. The molecule has 2 atom stereocenters. The Bertz CT molecular complexity index is 590. The highest BCUT2D eigenvalue weighted by molar-refractivity contribution is 5.78. The zero-order valence-corrected chi connectivity index (χ0v) is 14.1. The van der Waals surface area contributed by atoms with E-state index in [2.05, 4.69) is 0 Å².